The zero-order valence-electron chi connectivity index (χ0n) is 16.4. The fourth-order valence-corrected chi connectivity index (χ4v) is 5.39. The van der Waals surface area contributed by atoms with E-state index in [0.29, 0.717) is 4.90 Å². The van der Waals surface area contributed by atoms with Crippen LogP contribution in [0, 0.1) is 0 Å². The molecule has 33 heavy (non-hydrogen) atoms. The van der Waals surface area contributed by atoms with E-state index in [1.807, 2.05) is 24.3 Å². The maximum absolute atomic E-state index is 13.8. The van der Waals surface area contributed by atoms with Gasteiger partial charge < -0.3 is 9.84 Å². The van der Waals surface area contributed by atoms with E-state index in [2.05, 4.69) is 4.74 Å². The van der Waals surface area contributed by atoms with Crippen LogP contribution in [-0.2, 0) is 21.0 Å². The van der Waals surface area contributed by atoms with Gasteiger partial charge in [0.2, 0.25) is 0 Å². The topological polar surface area (TPSA) is 83.8 Å². The molecule has 0 spiro atoms. The average Bonchev–Trinajstić information content (AvgIpc) is 2.73. The van der Waals surface area contributed by atoms with Crippen LogP contribution in [0.2, 0.25) is 0 Å². The summed E-state index contributed by atoms with van der Waals surface area (Å²) in [7, 11) is -7.29. The first-order valence-electron chi connectivity index (χ1n) is 9.08. The molecule has 3 rings (SSSR count). The molecule has 2 N–H and O–H groups in total. The molecular weight excluding hydrogens is 491 g/mol. The van der Waals surface area contributed by atoms with Crippen molar-refractivity contribution in [2.45, 2.75) is 32.2 Å². The highest BCUT2D eigenvalue weighted by atomic mass is 32.2. The van der Waals surface area contributed by atoms with Crippen LogP contribution < -0.4 is 4.74 Å². The van der Waals surface area contributed by atoms with Gasteiger partial charge in [0, 0.05) is 6.07 Å². The average molecular weight is 507 g/mol. The van der Waals surface area contributed by atoms with Gasteiger partial charge in [0.1, 0.15) is 0 Å². The van der Waals surface area contributed by atoms with Crippen molar-refractivity contribution in [3.05, 3.63) is 78.9 Å². The van der Waals surface area contributed by atoms with Crippen LogP contribution in [0.1, 0.15) is 0 Å². The smallest absolute Gasteiger partial charge is 0.432 e. The van der Waals surface area contributed by atoms with E-state index in [4.69, 9.17) is 4.55 Å². The van der Waals surface area contributed by atoms with Crippen molar-refractivity contribution in [1.82, 2.24) is 0 Å². The van der Waals surface area contributed by atoms with Crippen molar-refractivity contribution in [3.63, 3.8) is 0 Å². The summed E-state index contributed by atoms with van der Waals surface area (Å²) in [6.07, 6.45) is -10.1. The number of rotatable bonds is 7. The standard InChI is InChI=1S/C21H15F5O5S2/c22-20(23,24)19(21(25,26)33(28,29)30)31-18-12-11-16(13-17(18)27)32(14-7-3-1-4-8-14)15-9-5-2-6-10-15/h1-13,19H,(H-,27,28,29,30)/p+1. The van der Waals surface area contributed by atoms with Gasteiger partial charge in [-0.25, -0.2) is 0 Å². The molecule has 176 valence electrons. The Morgan fingerprint density at radius 3 is 1.67 bits per heavy atom. The van der Waals surface area contributed by atoms with Crippen molar-refractivity contribution < 1.29 is 44.8 Å². The first-order chi connectivity index (χ1) is 15.3. The zero-order chi connectivity index (χ0) is 24.4. The third-order valence-electron chi connectivity index (χ3n) is 4.32. The predicted molar refractivity (Wildman–Crippen MR) is 110 cm³/mol. The Hall–Kier alpha value is -2.83. The van der Waals surface area contributed by atoms with Crippen LogP contribution in [0.15, 0.2) is 93.5 Å². The van der Waals surface area contributed by atoms with Crippen LogP contribution in [0.3, 0.4) is 0 Å². The monoisotopic (exact) mass is 507 g/mol. The fraction of sp³-hybridized carbons (Fsp3) is 0.143. The second-order valence-corrected chi connectivity index (χ2v) is 10.2. The lowest BCUT2D eigenvalue weighted by molar-refractivity contribution is -0.239. The van der Waals surface area contributed by atoms with Gasteiger partial charge >= 0.3 is 21.5 Å². The lowest BCUT2D eigenvalue weighted by Gasteiger charge is -2.27. The number of halogens is 5. The number of phenols is 1. The molecule has 3 aromatic carbocycles. The van der Waals surface area contributed by atoms with Gasteiger partial charge in [-0.15, -0.1) is 0 Å². The van der Waals surface area contributed by atoms with Crippen LogP contribution >= 0.6 is 0 Å². The Bertz CT molecular complexity index is 1160. The van der Waals surface area contributed by atoms with E-state index >= 15 is 0 Å². The molecular formula is C21H16F5O5S2+. The number of alkyl halides is 5. The molecule has 0 aromatic heterocycles. The minimum Gasteiger partial charge on any atom is -0.504 e. The zero-order valence-corrected chi connectivity index (χ0v) is 18.0. The SMILES string of the molecule is O=S(=O)(O)C(F)(F)C(Oc1ccc([S+](c2ccccc2)c2ccccc2)cc1O)C(F)(F)F. The fourth-order valence-electron chi connectivity index (χ4n) is 2.83. The van der Waals surface area contributed by atoms with Gasteiger partial charge in [-0.3, -0.25) is 4.55 Å². The van der Waals surface area contributed by atoms with Gasteiger partial charge in [0.05, 0.1) is 10.9 Å². The molecule has 0 amide bonds. The molecule has 3 aromatic rings. The van der Waals surface area contributed by atoms with Crippen molar-refractivity contribution in [2.24, 2.45) is 0 Å². The molecule has 5 nitrogen and oxygen atoms in total. The summed E-state index contributed by atoms with van der Waals surface area (Å²) in [6, 6.07) is 21.1. The predicted octanol–water partition coefficient (Wildman–Crippen LogP) is 5.28. The third-order valence-corrected chi connectivity index (χ3v) is 7.43. The second kappa shape index (κ2) is 9.20. The summed E-state index contributed by atoms with van der Waals surface area (Å²) >= 11 is 0. The molecule has 0 aliphatic carbocycles. The number of hydrogen-bond acceptors (Lipinski definition) is 4. The Morgan fingerprint density at radius 2 is 1.27 bits per heavy atom. The van der Waals surface area contributed by atoms with E-state index in [9.17, 15) is 35.5 Å². The lowest BCUT2D eigenvalue weighted by atomic mass is 10.3. The summed E-state index contributed by atoms with van der Waals surface area (Å²) in [5.74, 6) is -1.95. The molecule has 0 bridgehead atoms. The molecule has 1 atom stereocenters. The highest BCUT2D eigenvalue weighted by Gasteiger charge is 2.65. The lowest BCUT2D eigenvalue weighted by Crippen LogP contribution is -2.53. The Balaban J connectivity index is 2.03. The Labute approximate surface area is 188 Å². The van der Waals surface area contributed by atoms with Crippen molar-refractivity contribution in [1.29, 1.82) is 0 Å². The molecule has 0 saturated carbocycles. The van der Waals surface area contributed by atoms with E-state index in [1.165, 1.54) is 6.07 Å². The highest BCUT2D eigenvalue weighted by molar-refractivity contribution is 7.97. The van der Waals surface area contributed by atoms with Crippen molar-refractivity contribution >= 4 is 21.0 Å². The van der Waals surface area contributed by atoms with Crippen molar-refractivity contribution in [2.75, 3.05) is 0 Å². The summed E-state index contributed by atoms with van der Waals surface area (Å²) in [5, 5.41) is 4.56. The molecule has 0 aliphatic rings. The molecule has 12 heteroatoms. The van der Waals surface area contributed by atoms with Crippen LogP contribution in [-0.4, -0.2) is 35.6 Å². The van der Waals surface area contributed by atoms with Crippen LogP contribution in [0.5, 0.6) is 11.5 Å². The van der Waals surface area contributed by atoms with E-state index in [1.54, 1.807) is 36.4 Å². The van der Waals surface area contributed by atoms with Crippen LogP contribution in [0.4, 0.5) is 22.0 Å². The van der Waals surface area contributed by atoms with Crippen LogP contribution in [0.25, 0.3) is 0 Å². The highest BCUT2D eigenvalue weighted by Crippen LogP contribution is 2.42. The minimum atomic E-state index is -6.47. The van der Waals surface area contributed by atoms with Gasteiger partial charge in [-0.05, 0) is 36.4 Å². The Kier molecular flexibility index (Phi) is 6.91. The Morgan fingerprint density at radius 1 is 0.788 bits per heavy atom. The first-order valence-corrected chi connectivity index (χ1v) is 11.7. The second-order valence-electron chi connectivity index (χ2n) is 6.64. The molecule has 1 unspecified atom stereocenters. The minimum absolute atomic E-state index is 0.433. The molecule has 0 radical (unpaired) electrons. The molecule has 0 heterocycles. The molecule has 0 aliphatic heterocycles. The van der Waals surface area contributed by atoms with E-state index < -0.39 is 50.0 Å². The largest absolute Gasteiger partial charge is 0.504 e. The number of benzene rings is 3. The number of ether oxygens (including phenoxy) is 1. The quantitative estimate of drug-likeness (QED) is 0.258. The maximum atomic E-state index is 13.8. The molecule has 0 saturated heterocycles. The number of phenolic OH excluding ortho intramolecular Hbond substituents is 1. The van der Waals surface area contributed by atoms with Gasteiger partial charge in [0.25, 0.3) is 6.10 Å². The summed E-state index contributed by atoms with van der Waals surface area (Å²) in [6.45, 7) is 0. The summed E-state index contributed by atoms with van der Waals surface area (Å²) < 4.78 is 101. The van der Waals surface area contributed by atoms with E-state index in [0.717, 1.165) is 21.9 Å². The molecule has 0 fully saturated rings. The third kappa shape index (κ3) is 5.40. The normalized spacial score (nSPS) is 13.7. The number of hydrogen-bond donors (Lipinski definition) is 2. The summed E-state index contributed by atoms with van der Waals surface area (Å²) in [4.78, 5) is 2.05. The first kappa shape index (κ1) is 24.8. The van der Waals surface area contributed by atoms with Gasteiger partial charge in [-0.2, -0.15) is 30.4 Å². The van der Waals surface area contributed by atoms with Gasteiger partial charge in [-0.1, -0.05) is 36.4 Å². The van der Waals surface area contributed by atoms with Crippen molar-refractivity contribution in [3.8, 4) is 11.5 Å². The maximum Gasteiger partial charge on any atom is 0.432 e. The van der Waals surface area contributed by atoms with Gasteiger partial charge in [0.15, 0.2) is 26.2 Å². The van der Waals surface area contributed by atoms with E-state index in [-0.39, 0.29) is 0 Å². The summed E-state index contributed by atoms with van der Waals surface area (Å²) in [5.41, 5.74) is 0. The number of aromatic hydroxyl groups is 1.